The standard InChI is InChI=1S/C12H13ClN4O2/c1-15(7-9-6-14-16(2)8-9)11-4-3-10(13)5-12(11)17(18)19/h3-6,8H,7H2,1-2H3. The van der Waals surface area contributed by atoms with Crippen LogP contribution in [-0.2, 0) is 13.6 Å². The van der Waals surface area contributed by atoms with Crippen LogP contribution in [0.5, 0.6) is 0 Å². The third-order valence-electron chi connectivity index (χ3n) is 2.72. The number of halogens is 1. The van der Waals surface area contributed by atoms with E-state index in [1.807, 2.05) is 13.2 Å². The number of aryl methyl sites for hydroxylation is 1. The molecule has 1 aromatic carbocycles. The first-order valence-electron chi connectivity index (χ1n) is 5.60. The van der Waals surface area contributed by atoms with Crippen LogP contribution in [0.4, 0.5) is 11.4 Å². The lowest BCUT2D eigenvalue weighted by atomic mass is 10.2. The SMILES string of the molecule is CN(Cc1cnn(C)c1)c1ccc(Cl)cc1[N+](=O)[O-]. The summed E-state index contributed by atoms with van der Waals surface area (Å²) in [4.78, 5) is 12.4. The summed E-state index contributed by atoms with van der Waals surface area (Å²) in [5.41, 5.74) is 1.51. The van der Waals surface area contributed by atoms with E-state index in [9.17, 15) is 10.1 Å². The van der Waals surface area contributed by atoms with Gasteiger partial charge >= 0.3 is 0 Å². The molecular formula is C12H13ClN4O2. The second-order valence-electron chi connectivity index (χ2n) is 4.27. The highest BCUT2D eigenvalue weighted by Gasteiger charge is 2.18. The molecule has 100 valence electrons. The number of nitro groups is 1. The van der Waals surface area contributed by atoms with Gasteiger partial charge in [0.15, 0.2) is 0 Å². The fourth-order valence-electron chi connectivity index (χ4n) is 1.88. The number of rotatable bonds is 4. The number of nitrogens with zero attached hydrogens (tertiary/aromatic N) is 4. The third-order valence-corrected chi connectivity index (χ3v) is 2.96. The van der Waals surface area contributed by atoms with E-state index in [4.69, 9.17) is 11.6 Å². The number of anilines is 1. The van der Waals surface area contributed by atoms with Crippen LogP contribution in [0.15, 0.2) is 30.6 Å². The monoisotopic (exact) mass is 280 g/mol. The van der Waals surface area contributed by atoms with Crippen LogP contribution in [0, 0.1) is 10.1 Å². The average molecular weight is 281 g/mol. The van der Waals surface area contributed by atoms with Crippen molar-refractivity contribution in [3.63, 3.8) is 0 Å². The molecule has 2 aromatic rings. The molecule has 0 bridgehead atoms. The van der Waals surface area contributed by atoms with Gasteiger partial charge in [0.1, 0.15) is 5.69 Å². The topological polar surface area (TPSA) is 64.2 Å². The van der Waals surface area contributed by atoms with Gasteiger partial charge in [-0.1, -0.05) is 11.6 Å². The first-order chi connectivity index (χ1) is 8.97. The molecule has 0 radical (unpaired) electrons. The number of aromatic nitrogens is 2. The number of hydrogen-bond acceptors (Lipinski definition) is 4. The van der Waals surface area contributed by atoms with Crippen LogP contribution in [0.3, 0.4) is 0 Å². The zero-order valence-electron chi connectivity index (χ0n) is 10.6. The molecule has 0 atom stereocenters. The summed E-state index contributed by atoms with van der Waals surface area (Å²) < 4.78 is 1.69. The van der Waals surface area contributed by atoms with Gasteiger partial charge in [0, 0.05) is 43.5 Å². The molecule has 1 heterocycles. The summed E-state index contributed by atoms with van der Waals surface area (Å²) in [5.74, 6) is 0. The Hall–Kier alpha value is -2.08. The third kappa shape index (κ3) is 3.03. The number of nitro benzene ring substituents is 1. The minimum atomic E-state index is -0.430. The van der Waals surface area contributed by atoms with Crippen molar-refractivity contribution in [1.82, 2.24) is 9.78 Å². The van der Waals surface area contributed by atoms with Gasteiger partial charge in [0.25, 0.3) is 5.69 Å². The van der Waals surface area contributed by atoms with Crippen LogP contribution < -0.4 is 4.90 Å². The van der Waals surface area contributed by atoms with E-state index < -0.39 is 4.92 Å². The maximum atomic E-state index is 11.0. The van der Waals surface area contributed by atoms with Crippen LogP contribution in [0.25, 0.3) is 0 Å². The largest absolute Gasteiger partial charge is 0.365 e. The first kappa shape index (κ1) is 13.4. The zero-order chi connectivity index (χ0) is 14.0. The van der Waals surface area contributed by atoms with E-state index in [0.29, 0.717) is 17.3 Å². The summed E-state index contributed by atoms with van der Waals surface area (Å²) in [7, 11) is 3.62. The van der Waals surface area contributed by atoms with Crippen molar-refractivity contribution in [2.75, 3.05) is 11.9 Å². The average Bonchev–Trinajstić information content (AvgIpc) is 2.74. The molecule has 0 amide bonds. The van der Waals surface area contributed by atoms with Crippen LogP contribution in [0.1, 0.15) is 5.56 Å². The highest BCUT2D eigenvalue weighted by atomic mass is 35.5. The van der Waals surface area contributed by atoms with Gasteiger partial charge in [-0.15, -0.1) is 0 Å². The lowest BCUT2D eigenvalue weighted by Gasteiger charge is -2.18. The lowest BCUT2D eigenvalue weighted by molar-refractivity contribution is -0.384. The van der Waals surface area contributed by atoms with E-state index >= 15 is 0 Å². The van der Waals surface area contributed by atoms with Crippen molar-refractivity contribution >= 4 is 23.0 Å². The second-order valence-corrected chi connectivity index (χ2v) is 4.70. The molecule has 0 saturated heterocycles. The molecule has 0 N–H and O–H groups in total. The Morgan fingerprint density at radius 1 is 1.53 bits per heavy atom. The van der Waals surface area contributed by atoms with Crippen molar-refractivity contribution in [1.29, 1.82) is 0 Å². The summed E-state index contributed by atoms with van der Waals surface area (Å²) >= 11 is 5.79. The maximum absolute atomic E-state index is 11.0. The summed E-state index contributed by atoms with van der Waals surface area (Å²) in [6, 6.07) is 4.65. The first-order valence-corrected chi connectivity index (χ1v) is 5.98. The number of benzene rings is 1. The Morgan fingerprint density at radius 3 is 2.84 bits per heavy atom. The molecule has 0 spiro atoms. The molecule has 6 nitrogen and oxygen atoms in total. The van der Waals surface area contributed by atoms with E-state index in [-0.39, 0.29) is 5.69 Å². The van der Waals surface area contributed by atoms with Crippen LogP contribution >= 0.6 is 11.6 Å². The van der Waals surface area contributed by atoms with Crippen molar-refractivity contribution < 1.29 is 4.92 Å². The quantitative estimate of drug-likeness (QED) is 0.638. The van der Waals surface area contributed by atoms with Gasteiger partial charge < -0.3 is 4.90 Å². The van der Waals surface area contributed by atoms with E-state index in [1.165, 1.54) is 6.07 Å². The summed E-state index contributed by atoms with van der Waals surface area (Å²) in [6.07, 6.45) is 3.61. The molecular weight excluding hydrogens is 268 g/mol. The van der Waals surface area contributed by atoms with Crippen molar-refractivity contribution in [2.45, 2.75) is 6.54 Å². The van der Waals surface area contributed by atoms with Crippen molar-refractivity contribution in [2.24, 2.45) is 7.05 Å². The van der Waals surface area contributed by atoms with Gasteiger partial charge in [-0.05, 0) is 12.1 Å². The maximum Gasteiger partial charge on any atom is 0.294 e. The van der Waals surface area contributed by atoms with Crippen LogP contribution in [0.2, 0.25) is 5.02 Å². The predicted octanol–water partition coefficient (Wildman–Crippen LogP) is 2.62. The van der Waals surface area contributed by atoms with Gasteiger partial charge in [-0.2, -0.15) is 5.10 Å². The fourth-order valence-corrected chi connectivity index (χ4v) is 2.04. The minimum Gasteiger partial charge on any atom is -0.365 e. The minimum absolute atomic E-state index is 0.00103. The van der Waals surface area contributed by atoms with Crippen molar-refractivity contribution in [3.05, 3.63) is 51.3 Å². The molecule has 0 unspecified atom stereocenters. The highest BCUT2D eigenvalue weighted by molar-refractivity contribution is 6.30. The van der Waals surface area contributed by atoms with Gasteiger partial charge in [-0.3, -0.25) is 14.8 Å². The summed E-state index contributed by atoms with van der Waals surface area (Å²) in [6.45, 7) is 0.538. The molecule has 2 rings (SSSR count). The molecule has 0 aliphatic rings. The Labute approximate surface area is 115 Å². The zero-order valence-corrected chi connectivity index (χ0v) is 11.3. The Kier molecular flexibility index (Phi) is 3.71. The van der Waals surface area contributed by atoms with Gasteiger partial charge in [0.2, 0.25) is 0 Å². The molecule has 0 aliphatic carbocycles. The Morgan fingerprint density at radius 2 is 2.26 bits per heavy atom. The predicted molar refractivity (Wildman–Crippen MR) is 73.4 cm³/mol. The fraction of sp³-hybridized carbons (Fsp3) is 0.250. The van der Waals surface area contributed by atoms with Gasteiger partial charge in [-0.25, -0.2) is 0 Å². The second kappa shape index (κ2) is 5.27. The molecule has 7 heteroatoms. The molecule has 0 saturated carbocycles. The molecule has 0 aliphatic heterocycles. The highest BCUT2D eigenvalue weighted by Crippen LogP contribution is 2.30. The molecule has 1 aromatic heterocycles. The van der Waals surface area contributed by atoms with Crippen molar-refractivity contribution in [3.8, 4) is 0 Å². The number of hydrogen-bond donors (Lipinski definition) is 0. The van der Waals surface area contributed by atoms with E-state index in [0.717, 1.165) is 5.56 Å². The Balaban J connectivity index is 2.28. The summed E-state index contributed by atoms with van der Waals surface area (Å²) in [5, 5.41) is 15.5. The molecule has 0 fully saturated rings. The van der Waals surface area contributed by atoms with E-state index in [2.05, 4.69) is 5.10 Å². The molecule has 19 heavy (non-hydrogen) atoms. The normalized spacial score (nSPS) is 10.5. The lowest BCUT2D eigenvalue weighted by Crippen LogP contribution is -2.17. The van der Waals surface area contributed by atoms with Crippen LogP contribution in [-0.4, -0.2) is 21.8 Å². The van der Waals surface area contributed by atoms with E-state index in [1.54, 1.807) is 35.0 Å². The van der Waals surface area contributed by atoms with Gasteiger partial charge in [0.05, 0.1) is 11.1 Å². The smallest absolute Gasteiger partial charge is 0.294 e. The Bertz CT molecular complexity index is 612.